The smallest absolute Gasteiger partial charge is 0.312 e. The Bertz CT molecular complexity index is 1320. The predicted octanol–water partition coefficient (Wildman–Crippen LogP) is 6.41. The second-order valence-corrected chi connectivity index (χ2v) is 15.5. The molecule has 0 bridgehead atoms. The van der Waals surface area contributed by atoms with E-state index < -0.39 is 23.6 Å². The summed E-state index contributed by atoms with van der Waals surface area (Å²) in [4.78, 5) is 38.4. The van der Waals surface area contributed by atoms with Crippen LogP contribution in [-0.2, 0) is 23.9 Å². The SMILES string of the molecule is C=C1C=C2[C@@]3(C)C=C(C#N)C(=O)CC3CC[C@@]2(C)C2CC[C@@]3(C(=O)OC(C)CC(CO)OC(C)=O)CCC(C)(C)CC3C12. The van der Waals surface area contributed by atoms with Crippen LogP contribution in [-0.4, -0.2) is 41.6 Å². The minimum atomic E-state index is -0.710. The highest BCUT2D eigenvalue weighted by Gasteiger charge is 2.64. The molecule has 234 valence electrons. The van der Waals surface area contributed by atoms with E-state index in [-0.39, 0.29) is 64.4 Å². The number of Topliss-reactive ketones (excluding diaryl/α,β-unsaturated/α-hetero) is 1. The fourth-order valence-electron chi connectivity index (χ4n) is 10.0. The zero-order valence-electron chi connectivity index (χ0n) is 26.8. The van der Waals surface area contributed by atoms with Gasteiger partial charge in [-0.15, -0.1) is 0 Å². The van der Waals surface area contributed by atoms with Crippen molar-refractivity contribution in [3.8, 4) is 6.07 Å². The van der Waals surface area contributed by atoms with Crippen LogP contribution in [0.25, 0.3) is 0 Å². The zero-order chi connectivity index (χ0) is 31.5. The van der Waals surface area contributed by atoms with Crippen LogP contribution in [0, 0.1) is 56.7 Å². The third-order valence-electron chi connectivity index (χ3n) is 12.3. The molecule has 3 saturated carbocycles. The van der Waals surface area contributed by atoms with Gasteiger partial charge in [-0.3, -0.25) is 14.4 Å². The van der Waals surface area contributed by atoms with E-state index in [1.54, 1.807) is 6.92 Å². The first-order chi connectivity index (χ1) is 20.1. The van der Waals surface area contributed by atoms with E-state index in [1.165, 1.54) is 12.5 Å². The molecular formula is C36H49NO6. The molecule has 9 atom stereocenters. The van der Waals surface area contributed by atoms with Gasteiger partial charge in [0.1, 0.15) is 18.3 Å². The normalized spacial score (nSPS) is 39.3. The number of nitrogens with zero attached hydrogens (tertiary/aromatic N) is 1. The number of allylic oxidation sites excluding steroid dienone is 5. The molecule has 7 nitrogen and oxygen atoms in total. The van der Waals surface area contributed by atoms with Gasteiger partial charge in [0.25, 0.3) is 0 Å². The highest BCUT2D eigenvalue weighted by atomic mass is 16.6. The van der Waals surface area contributed by atoms with Gasteiger partial charge < -0.3 is 14.6 Å². The molecule has 0 amide bonds. The Kier molecular flexibility index (Phi) is 8.12. The lowest BCUT2D eigenvalue weighted by Crippen LogP contribution is -2.59. The van der Waals surface area contributed by atoms with Crippen molar-refractivity contribution in [2.75, 3.05) is 6.61 Å². The Labute approximate surface area is 256 Å². The maximum absolute atomic E-state index is 14.2. The van der Waals surface area contributed by atoms with Crippen molar-refractivity contribution in [2.24, 2.45) is 45.3 Å². The Hall–Kier alpha value is -2.72. The molecule has 0 aromatic rings. The summed E-state index contributed by atoms with van der Waals surface area (Å²) in [6.07, 6.45) is 9.87. The van der Waals surface area contributed by atoms with Crippen molar-refractivity contribution < 1.29 is 29.0 Å². The first-order valence-corrected chi connectivity index (χ1v) is 16.2. The van der Waals surface area contributed by atoms with Gasteiger partial charge in [-0.1, -0.05) is 57.6 Å². The van der Waals surface area contributed by atoms with Crippen molar-refractivity contribution in [2.45, 2.75) is 112 Å². The van der Waals surface area contributed by atoms with E-state index in [9.17, 15) is 24.8 Å². The molecule has 0 radical (unpaired) electrons. The van der Waals surface area contributed by atoms with E-state index in [4.69, 9.17) is 9.47 Å². The first-order valence-electron chi connectivity index (χ1n) is 16.2. The number of carbonyl (C=O) groups is 3. The summed E-state index contributed by atoms with van der Waals surface area (Å²) < 4.78 is 11.3. The van der Waals surface area contributed by atoms with Gasteiger partial charge in [0, 0.05) is 25.2 Å². The van der Waals surface area contributed by atoms with E-state index in [0.29, 0.717) is 12.3 Å². The third-order valence-corrected chi connectivity index (χ3v) is 12.3. The van der Waals surface area contributed by atoms with Gasteiger partial charge in [-0.2, -0.15) is 5.26 Å². The second kappa shape index (κ2) is 11.0. The third kappa shape index (κ3) is 5.22. The lowest BCUT2D eigenvalue weighted by molar-refractivity contribution is -0.183. The van der Waals surface area contributed by atoms with Gasteiger partial charge in [-0.05, 0) is 86.4 Å². The second-order valence-electron chi connectivity index (χ2n) is 15.5. The lowest BCUT2D eigenvalue weighted by atomic mass is 9.39. The summed E-state index contributed by atoms with van der Waals surface area (Å²) >= 11 is 0. The number of rotatable bonds is 6. The topological polar surface area (TPSA) is 114 Å². The highest BCUT2D eigenvalue weighted by Crippen LogP contribution is 2.70. The Morgan fingerprint density at radius 3 is 2.49 bits per heavy atom. The van der Waals surface area contributed by atoms with Crippen molar-refractivity contribution >= 4 is 17.7 Å². The number of ketones is 1. The maximum Gasteiger partial charge on any atom is 0.312 e. The Morgan fingerprint density at radius 2 is 1.84 bits per heavy atom. The van der Waals surface area contributed by atoms with Crippen molar-refractivity contribution in [1.82, 2.24) is 0 Å². The number of ether oxygens (including phenoxy) is 2. The number of nitriles is 1. The van der Waals surface area contributed by atoms with Crippen LogP contribution in [0.15, 0.2) is 35.5 Å². The minimum Gasteiger partial charge on any atom is -0.462 e. The Morgan fingerprint density at radius 1 is 1.12 bits per heavy atom. The van der Waals surface area contributed by atoms with Gasteiger partial charge >= 0.3 is 11.9 Å². The van der Waals surface area contributed by atoms with Gasteiger partial charge in [0.15, 0.2) is 5.78 Å². The van der Waals surface area contributed by atoms with Crippen LogP contribution in [0.3, 0.4) is 0 Å². The maximum atomic E-state index is 14.2. The largest absolute Gasteiger partial charge is 0.462 e. The molecule has 0 aromatic carbocycles. The predicted molar refractivity (Wildman–Crippen MR) is 162 cm³/mol. The molecule has 5 rings (SSSR count). The van der Waals surface area contributed by atoms with Crippen LogP contribution in [0.2, 0.25) is 0 Å². The number of hydrogen-bond acceptors (Lipinski definition) is 7. The lowest BCUT2D eigenvalue weighted by Gasteiger charge is -2.64. The average Bonchev–Trinajstić information content (AvgIpc) is 2.93. The van der Waals surface area contributed by atoms with Crippen LogP contribution >= 0.6 is 0 Å². The van der Waals surface area contributed by atoms with Crippen molar-refractivity contribution in [3.05, 3.63) is 35.5 Å². The fourth-order valence-corrected chi connectivity index (χ4v) is 10.0. The number of esters is 2. The number of hydrogen-bond donors (Lipinski definition) is 1. The van der Waals surface area contributed by atoms with E-state index >= 15 is 0 Å². The summed E-state index contributed by atoms with van der Waals surface area (Å²) in [5.74, 6) is 0.0396. The average molecular weight is 592 g/mol. The molecule has 0 spiro atoms. The number of aliphatic hydroxyl groups excluding tert-OH is 1. The van der Waals surface area contributed by atoms with Gasteiger partial charge in [0.2, 0.25) is 0 Å². The summed E-state index contributed by atoms with van der Waals surface area (Å²) in [5, 5.41) is 19.4. The summed E-state index contributed by atoms with van der Waals surface area (Å²) in [7, 11) is 0. The summed E-state index contributed by atoms with van der Waals surface area (Å²) in [6, 6.07) is 2.16. The van der Waals surface area contributed by atoms with Crippen molar-refractivity contribution in [1.29, 1.82) is 5.26 Å². The first kappa shape index (κ1) is 31.7. The molecule has 0 aromatic heterocycles. The van der Waals surface area contributed by atoms with E-state index in [2.05, 4.69) is 46.4 Å². The van der Waals surface area contributed by atoms with Crippen molar-refractivity contribution in [3.63, 3.8) is 0 Å². The molecular weight excluding hydrogens is 542 g/mol. The molecule has 0 aliphatic heterocycles. The molecule has 7 heteroatoms. The number of fused-ring (bicyclic) bond motifs is 7. The van der Waals surface area contributed by atoms with E-state index in [0.717, 1.165) is 50.5 Å². The molecule has 43 heavy (non-hydrogen) atoms. The Balaban J connectivity index is 1.49. The highest BCUT2D eigenvalue weighted by molar-refractivity contribution is 6.00. The van der Waals surface area contributed by atoms with Crippen LogP contribution < -0.4 is 0 Å². The van der Waals surface area contributed by atoms with Gasteiger partial charge in [-0.25, -0.2) is 0 Å². The molecule has 1 N–H and O–H groups in total. The van der Waals surface area contributed by atoms with Crippen LogP contribution in [0.5, 0.6) is 0 Å². The quantitative estimate of drug-likeness (QED) is 0.355. The summed E-state index contributed by atoms with van der Waals surface area (Å²) in [6.45, 7) is 16.6. The standard InChI is InChI=1S/C36H49NO6/c1-21-14-30-34(6,10-8-25-16-29(40)24(19-37)17-35(25,30)7)27-9-11-36(13-12-33(4,5)18-28(36)31(21)27)32(41)42-22(2)15-26(20-38)43-23(3)39/h14,17,22,25-28,31,38H,1,8-13,15-16,18,20H2,2-7H3/t22?,25?,26?,27?,28?,31?,34-,35-,36+/m0/s1. The minimum absolute atomic E-state index is 0.0421. The molecule has 0 heterocycles. The van der Waals surface area contributed by atoms with Gasteiger partial charge in [0.05, 0.1) is 17.6 Å². The molecule has 5 aliphatic carbocycles. The number of aliphatic hydroxyl groups is 1. The van der Waals surface area contributed by atoms with Crippen LogP contribution in [0.1, 0.15) is 99.3 Å². The van der Waals surface area contributed by atoms with Crippen LogP contribution in [0.4, 0.5) is 0 Å². The molecule has 5 aliphatic rings. The molecule has 6 unspecified atom stereocenters. The molecule has 0 saturated heterocycles. The summed E-state index contributed by atoms with van der Waals surface area (Å²) in [5.41, 5.74) is 1.65. The molecule has 3 fully saturated rings. The number of carbonyl (C=O) groups excluding carboxylic acids is 3. The zero-order valence-corrected chi connectivity index (χ0v) is 26.8. The monoisotopic (exact) mass is 591 g/mol. The van der Waals surface area contributed by atoms with E-state index in [1.807, 2.05) is 6.08 Å². The fraction of sp³-hybridized carbons (Fsp3) is 0.722.